The summed E-state index contributed by atoms with van der Waals surface area (Å²) in [5.41, 5.74) is 3.90. The van der Waals surface area contributed by atoms with Gasteiger partial charge in [-0.05, 0) is 74.3 Å². The number of fused-ring (bicyclic) bond motifs is 1. The van der Waals surface area contributed by atoms with Gasteiger partial charge in [0.1, 0.15) is 0 Å². The van der Waals surface area contributed by atoms with Crippen molar-refractivity contribution in [2.75, 3.05) is 53.1 Å². The molecule has 44 heavy (non-hydrogen) atoms. The van der Waals surface area contributed by atoms with E-state index in [4.69, 9.17) is 0 Å². The molecule has 0 atom stereocenters. The number of carbonyl (C=O) groups is 1. The van der Waals surface area contributed by atoms with Crippen molar-refractivity contribution >= 4 is 60.0 Å². The van der Waals surface area contributed by atoms with E-state index in [2.05, 4.69) is 15.4 Å². The van der Waals surface area contributed by atoms with Crippen LogP contribution in [0.5, 0.6) is 0 Å². The summed E-state index contributed by atoms with van der Waals surface area (Å²) < 4.78 is 55.5. The first-order valence-corrected chi connectivity index (χ1v) is 17.1. The average Bonchev–Trinajstić information content (AvgIpc) is 3.31. The zero-order valence-corrected chi connectivity index (χ0v) is 26.1. The smallest absolute Gasteiger partial charge is 0.261 e. The van der Waals surface area contributed by atoms with Crippen LogP contribution in [-0.2, 0) is 24.8 Å². The molecule has 0 bridgehead atoms. The Labute approximate surface area is 258 Å². The average molecular weight is 632 g/mol. The third kappa shape index (κ3) is 6.94. The van der Waals surface area contributed by atoms with Crippen molar-refractivity contribution in [2.24, 2.45) is 0 Å². The predicted octanol–water partition coefficient (Wildman–Crippen LogP) is 4.75. The molecule has 5 rings (SSSR count). The van der Waals surface area contributed by atoms with Crippen molar-refractivity contribution < 1.29 is 21.6 Å². The molecule has 3 N–H and O–H groups in total. The monoisotopic (exact) mass is 631 g/mol. The maximum Gasteiger partial charge on any atom is 0.261 e. The second-order valence-corrected chi connectivity index (χ2v) is 14.1. The molecule has 0 fully saturated rings. The van der Waals surface area contributed by atoms with Crippen LogP contribution in [0.1, 0.15) is 11.1 Å². The second-order valence-electron chi connectivity index (χ2n) is 10.6. The van der Waals surface area contributed by atoms with Gasteiger partial charge in [0.25, 0.3) is 15.9 Å². The zero-order chi connectivity index (χ0) is 31.5. The van der Waals surface area contributed by atoms with E-state index in [-0.39, 0.29) is 16.4 Å². The van der Waals surface area contributed by atoms with Gasteiger partial charge in [-0.1, -0.05) is 48.5 Å². The standard InChI is InChI=1S/C32H33N5O5S2/c1-36(2)20-21-37(43(3,39)40)26-16-14-24(15-17-26)33-31(23-10-6-4-7-11-23)30-28-22-27(18-19-29(28)34-32(30)38)44(41,42)35-25-12-8-5-9-13-25/h4-19,22,33,35H,20-21H2,1-3H3,(H,34,38)/b31-30-. The van der Waals surface area contributed by atoms with Crippen LogP contribution < -0.4 is 19.7 Å². The minimum Gasteiger partial charge on any atom is -0.354 e. The Morgan fingerprint density at radius 3 is 2.02 bits per heavy atom. The van der Waals surface area contributed by atoms with E-state index >= 15 is 0 Å². The minimum atomic E-state index is -3.95. The molecule has 1 heterocycles. The van der Waals surface area contributed by atoms with Gasteiger partial charge in [-0.2, -0.15) is 0 Å². The first-order valence-electron chi connectivity index (χ1n) is 13.8. The largest absolute Gasteiger partial charge is 0.354 e. The number of hydrogen-bond acceptors (Lipinski definition) is 7. The predicted molar refractivity (Wildman–Crippen MR) is 176 cm³/mol. The molecule has 4 aromatic carbocycles. The van der Waals surface area contributed by atoms with Gasteiger partial charge in [-0.3, -0.25) is 13.8 Å². The summed E-state index contributed by atoms with van der Waals surface area (Å²) >= 11 is 0. The highest BCUT2D eigenvalue weighted by Gasteiger charge is 2.30. The van der Waals surface area contributed by atoms with Crippen LogP contribution in [-0.4, -0.2) is 61.1 Å². The molecular weight excluding hydrogens is 599 g/mol. The molecule has 0 saturated heterocycles. The van der Waals surface area contributed by atoms with Crippen molar-refractivity contribution in [3.05, 3.63) is 114 Å². The fourth-order valence-corrected chi connectivity index (χ4v) is 6.80. The van der Waals surface area contributed by atoms with E-state index in [0.717, 1.165) is 0 Å². The lowest BCUT2D eigenvalue weighted by atomic mass is 10.00. The third-order valence-electron chi connectivity index (χ3n) is 6.96. The maximum absolute atomic E-state index is 13.4. The van der Waals surface area contributed by atoms with Crippen LogP contribution in [0.3, 0.4) is 0 Å². The van der Waals surface area contributed by atoms with Crippen LogP contribution >= 0.6 is 0 Å². The highest BCUT2D eigenvalue weighted by atomic mass is 32.2. The number of hydrogen-bond donors (Lipinski definition) is 3. The highest BCUT2D eigenvalue weighted by Crippen LogP contribution is 2.39. The van der Waals surface area contributed by atoms with E-state index in [1.807, 2.05) is 49.3 Å². The fourth-order valence-electron chi connectivity index (χ4n) is 4.80. The lowest BCUT2D eigenvalue weighted by molar-refractivity contribution is -0.110. The van der Waals surface area contributed by atoms with Gasteiger partial charge in [-0.15, -0.1) is 0 Å². The Hall–Kier alpha value is -4.65. The fraction of sp³-hybridized carbons (Fsp3) is 0.156. The topological polar surface area (TPSA) is 128 Å². The number of likely N-dealkylation sites (N-methyl/N-ethyl adjacent to an activating group) is 1. The van der Waals surface area contributed by atoms with Gasteiger partial charge in [-0.25, -0.2) is 16.8 Å². The van der Waals surface area contributed by atoms with Gasteiger partial charge >= 0.3 is 0 Å². The number of rotatable bonds is 11. The number of nitrogens with zero attached hydrogens (tertiary/aromatic N) is 2. The van der Waals surface area contributed by atoms with Crippen LogP contribution in [0.15, 0.2) is 108 Å². The van der Waals surface area contributed by atoms with Gasteiger partial charge in [0, 0.05) is 35.7 Å². The van der Waals surface area contributed by atoms with E-state index < -0.39 is 20.0 Å². The molecule has 0 aliphatic carbocycles. The van der Waals surface area contributed by atoms with Crippen molar-refractivity contribution in [3.8, 4) is 0 Å². The number of para-hydroxylation sites is 1. The number of sulfonamides is 2. The summed E-state index contributed by atoms with van der Waals surface area (Å²) in [6.07, 6.45) is 1.17. The number of nitrogens with one attached hydrogen (secondary N) is 3. The van der Waals surface area contributed by atoms with Gasteiger partial charge in [0.15, 0.2) is 0 Å². The molecule has 1 aliphatic heterocycles. The van der Waals surface area contributed by atoms with Crippen molar-refractivity contribution in [1.29, 1.82) is 0 Å². The minimum absolute atomic E-state index is 0.00413. The van der Waals surface area contributed by atoms with E-state index in [1.165, 1.54) is 22.7 Å². The van der Waals surface area contributed by atoms with Crippen molar-refractivity contribution in [3.63, 3.8) is 0 Å². The Bertz CT molecular complexity index is 1910. The molecular formula is C32H33N5O5S2. The summed E-state index contributed by atoms with van der Waals surface area (Å²) in [5.74, 6) is -0.388. The molecule has 12 heteroatoms. The van der Waals surface area contributed by atoms with Crippen LogP contribution in [0.4, 0.5) is 22.7 Å². The van der Waals surface area contributed by atoms with Crippen LogP contribution in [0.2, 0.25) is 0 Å². The van der Waals surface area contributed by atoms with Crippen molar-refractivity contribution in [1.82, 2.24) is 4.90 Å². The highest BCUT2D eigenvalue weighted by molar-refractivity contribution is 7.92. The Morgan fingerprint density at radius 1 is 0.773 bits per heavy atom. The van der Waals surface area contributed by atoms with Gasteiger partial charge < -0.3 is 15.5 Å². The molecule has 0 spiro atoms. The normalized spacial score (nSPS) is 14.1. The number of benzene rings is 4. The quantitative estimate of drug-likeness (QED) is 0.204. The Kier molecular flexibility index (Phi) is 8.77. The van der Waals surface area contributed by atoms with E-state index in [0.29, 0.717) is 52.7 Å². The van der Waals surface area contributed by atoms with E-state index in [1.54, 1.807) is 60.7 Å². The lowest BCUT2D eigenvalue weighted by Crippen LogP contribution is -2.35. The molecule has 0 unspecified atom stereocenters. The van der Waals surface area contributed by atoms with E-state index in [9.17, 15) is 21.6 Å². The summed E-state index contributed by atoms with van der Waals surface area (Å²) in [6, 6.07) is 29.2. The first kappa shape index (κ1) is 30.8. The molecule has 0 aromatic heterocycles. The summed E-state index contributed by atoms with van der Waals surface area (Å²) in [7, 11) is -3.71. The number of amides is 1. The first-order chi connectivity index (χ1) is 20.9. The molecule has 1 aliphatic rings. The van der Waals surface area contributed by atoms with Gasteiger partial charge in [0.2, 0.25) is 10.0 Å². The summed E-state index contributed by atoms with van der Waals surface area (Å²) in [4.78, 5) is 15.3. The molecule has 4 aromatic rings. The van der Waals surface area contributed by atoms with Crippen LogP contribution in [0.25, 0.3) is 11.3 Å². The number of anilines is 4. The van der Waals surface area contributed by atoms with Gasteiger partial charge in [0.05, 0.1) is 28.1 Å². The SMILES string of the molecule is CN(C)CCN(c1ccc(N/C(=C2\C(=O)Nc3ccc(S(=O)(=O)Nc4ccccc4)cc32)c2ccccc2)cc1)S(C)(=O)=O. The number of carbonyl (C=O) groups excluding carboxylic acids is 1. The molecule has 10 nitrogen and oxygen atoms in total. The molecule has 0 radical (unpaired) electrons. The summed E-state index contributed by atoms with van der Waals surface area (Å²) in [5, 5.41) is 6.19. The van der Waals surface area contributed by atoms with Crippen LogP contribution in [0, 0.1) is 0 Å². The molecule has 1 amide bonds. The maximum atomic E-state index is 13.4. The lowest BCUT2D eigenvalue weighted by Gasteiger charge is -2.24. The molecule has 228 valence electrons. The molecule has 0 saturated carbocycles. The summed E-state index contributed by atoms with van der Waals surface area (Å²) in [6.45, 7) is 0.837. The Balaban J connectivity index is 1.54. The Morgan fingerprint density at radius 2 is 1.41 bits per heavy atom. The van der Waals surface area contributed by atoms with Crippen molar-refractivity contribution in [2.45, 2.75) is 4.90 Å². The second kappa shape index (κ2) is 12.5. The zero-order valence-electron chi connectivity index (χ0n) is 24.5. The third-order valence-corrected chi connectivity index (χ3v) is 9.53.